The van der Waals surface area contributed by atoms with E-state index < -0.39 is 6.04 Å². The van der Waals surface area contributed by atoms with Crippen LogP contribution in [0, 0.1) is 6.92 Å². The number of aromatic nitrogens is 2. The summed E-state index contributed by atoms with van der Waals surface area (Å²) in [5.74, 6) is 1.44. The van der Waals surface area contributed by atoms with Gasteiger partial charge in [0.05, 0.1) is 22.6 Å². The SMILES string of the molecule is Cc1ccc(-n2c(C(C)N(C)C(=O)c3ccc4c(c3)OCO4)nc3ccccc3c2=O)cc1. The van der Waals surface area contributed by atoms with E-state index in [1.165, 1.54) is 0 Å². The second kappa shape index (κ2) is 8.09. The van der Waals surface area contributed by atoms with Gasteiger partial charge in [-0.25, -0.2) is 4.98 Å². The molecule has 1 atom stereocenters. The third-order valence-electron chi connectivity index (χ3n) is 5.99. The van der Waals surface area contributed by atoms with E-state index in [0.29, 0.717) is 39.5 Å². The van der Waals surface area contributed by atoms with E-state index in [4.69, 9.17) is 14.5 Å². The van der Waals surface area contributed by atoms with E-state index in [2.05, 4.69) is 0 Å². The Morgan fingerprint density at radius 1 is 1.03 bits per heavy atom. The van der Waals surface area contributed by atoms with Gasteiger partial charge in [-0.1, -0.05) is 29.8 Å². The van der Waals surface area contributed by atoms with E-state index in [1.807, 2.05) is 56.3 Å². The fraction of sp³-hybridized carbons (Fsp3) is 0.192. The molecule has 0 aliphatic carbocycles. The van der Waals surface area contributed by atoms with E-state index in [9.17, 15) is 9.59 Å². The Labute approximate surface area is 190 Å². The fourth-order valence-electron chi connectivity index (χ4n) is 3.96. The van der Waals surface area contributed by atoms with Crippen LogP contribution in [0.4, 0.5) is 0 Å². The average molecular weight is 441 g/mol. The zero-order chi connectivity index (χ0) is 23.1. The van der Waals surface area contributed by atoms with Gasteiger partial charge in [0, 0.05) is 12.6 Å². The summed E-state index contributed by atoms with van der Waals surface area (Å²) in [6.45, 7) is 4.00. The molecule has 5 rings (SSSR count). The number of ether oxygens (including phenoxy) is 2. The summed E-state index contributed by atoms with van der Waals surface area (Å²) in [6.07, 6.45) is 0. The molecule has 2 heterocycles. The summed E-state index contributed by atoms with van der Waals surface area (Å²) >= 11 is 0. The Kier molecular flexibility index (Phi) is 5.09. The second-order valence-corrected chi connectivity index (χ2v) is 8.12. The summed E-state index contributed by atoms with van der Waals surface area (Å²) in [4.78, 5) is 33.2. The molecule has 1 aliphatic heterocycles. The molecule has 0 bridgehead atoms. The number of amides is 1. The van der Waals surface area contributed by atoms with Crippen LogP contribution >= 0.6 is 0 Å². The number of para-hydroxylation sites is 1. The lowest BCUT2D eigenvalue weighted by atomic mass is 10.1. The Morgan fingerprint density at radius 2 is 1.76 bits per heavy atom. The van der Waals surface area contributed by atoms with Crippen molar-refractivity contribution in [3.8, 4) is 17.2 Å². The van der Waals surface area contributed by atoms with Crippen LogP contribution in [0.3, 0.4) is 0 Å². The van der Waals surface area contributed by atoms with Crippen molar-refractivity contribution in [2.24, 2.45) is 0 Å². The molecule has 1 aromatic heterocycles. The van der Waals surface area contributed by atoms with Crippen molar-refractivity contribution >= 4 is 16.8 Å². The minimum absolute atomic E-state index is 0.142. The number of hydrogen-bond donors (Lipinski definition) is 0. The second-order valence-electron chi connectivity index (χ2n) is 8.12. The topological polar surface area (TPSA) is 73.7 Å². The average Bonchev–Trinajstić information content (AvgIpc) is 3.31. The van der Waals surface area contributed by atoms with Crippen LogP contribution in [0.1, 0.15) is 34.7 Å². The third-order valence-corrected chi connectivity index (χ3v) is 5.99. The molecule has 7 heteroatoms. The lowest BCUT2D eigenvalue weighted by Crippen LogP contribution is -2.34. The van der Waals surface area contributed by atoms with Gasteiger partial charge in [-0.3, -0.25) is 14.2 Å². The van der Waals surface area contributed by atoms with Gasteiger partial charge < -0.3 is 14.4 Å². The van der Waals surface area contributed by atoms with Crippen LogP contribution in [0.25, 0.3) is 16.6 Å². The minimum Gasteiger partial charge on any atom is -0.454 e. The van der Waals surface area contributed by atoms with Crippen LogP contribution in [-0.2, 0) is 0 Å². The van der Waals surface area contributed by atoms with Crippen molar-refractivity contribution in [1.29, 1.82) is 0 Å². The third kappa shape index (κ3) is 3.61. The quantitative estimate of drug-likeness (QED) is 0.473. The molecule has 166 valence electrons. The predicted octanol–water partition coefficient (Wildman–Crippen LogP) is 4.26. The lowest BCUT2D eigenvalue weighted by molar-refractivity contribution is 0.0734. The van der Waals surface area contributed by atoms with Gasteiger partial charge in [0.2, 0.25) is 6.79 Å². The minimum atomic E-state index is -0.485. The van der Waals surface area contributed by atoms with Crippen LogP contribution < -0.4 is 15.0 Å². The first kappa shape index (κ1) is 20.8. The number of hydrogen-bond acceptors (Lipinski definition) is 5. The van der Waals surface area contributed by atoms with Crippen molar-refractivity contribution in [3.63, 3.8) is 0 Å². The van der Waals surface area contributed by atoms with Gasteiger partial charge in [-0.2, -0.15) is 0 Å². The first-order valence-corrected chi connectivity index (χ1v) is 10.7. The maximum atomic E-state index is 13.5. The maximum absolute atomic E-state index is 13.5. The molecule has 0 saturated carbocycles. The number of rotatable bonds is 4. The summed E-state index contributed by atoms with van der Waals surface area (Å²) in [5, 5.41) is 0.527. The Bertz CT molecular complexity index is 1430. The number of benzene rings is 3. The van der Waals surface area contributed by atoms with Gasteiger partial charge in [-0.05, 0) is 56.3 Å². The Balaban J connectivity index is 1.60. The first-order chi connectivity index (χ1) is 15.9. The number of fused-ring (bicyclic) bond motifs is 2. The monoisotopic (exact) mass is 441 g/mol. The molecule has 0 N–H and O–H groups in total. The molecule has 33 heavy (non-hydrogen) atoms. The molecular weight excluding hydrogens is 418 g/mol. The molecule has 0 spiro atoms. The summed E-state index contributed by atoms with van der Waals surface area (Å²) in [6, 6.07) is 19.6. The zero-order valence-corrected chi connectivity index (χ0v) is 18.6. The molecule has 4 aromatic rings. The van der Waals surface area contributed by atoms with Crippen LogP contribution in [0.5, 0.6) is 11.5 Å². The summed E-state index contributed by atoms with van der Waals surface area (Å²) in [7, 11) is 1.71. The number of carbonyl (C=O) groups excluding carboxylic acids is 1. The zero-order valence-electron chi connectivity index (χ0n) is 18.6. The van der Waals surface area contributed by atoms with Gasteiger partial charge in [-0.15, -0.1) is 0 Å². The van der Waals surface area contributed by atoms with Gasteiger partial charge in [0.15, 0.2) is 11.5 Å². The molecule has 1 aliphatic rings. The molecule has 1 unspecified atom stereocenters. The van der Waals surface area contributed by atoms with Crippen molar-refractivity contribution in [1.82, 2.24) is 14.5 Å². The maximum Gasteiger partial charge on any atom is 0.266 e. The summed E-state index contributed by atoms with van der Waals surface area (Å²) < 4.78 is 12.3. The van der Waals surface area contributed by atoms with Gasteiger partial charge in [0.25, 0.3) is 11.5 Å². The van der Waals surface area contributed by atoms with Crippen molar-refractivity contribution < 1.29 is 14.3 Å². The molecule has 0 saturated heterocycles. The smallest absolute Gasteiger partial charge is 0.266 e. The van der Waals surface area contributed by atoms with Crippen molar-refractivity contribution in [3.05, 3.63) is 94.0 Å². The highest BCUT2D eigenvalue weighted by molar-refractivity contribution is 5.95. The molecule has 0 radical (unpaired) electrons. The molecule has 1 amide bonds. The van der Waals surface area contributed by atoms with Crippen LogP contribution in [0.15, 0.2) is 71.5 Å². The molecular formula is C26H23N3O4. The Morgan fingerprint density at radius 3 is 2.55 bits per heavy atom. The van der Waals surface area contributed by atoms with Crippen LogP contribution in [-0.4, -0.2) is 34.2 Å². The highest BCUT2D eigenvalue weighted by Crippen LogP contribution is 2.33. The van der Waals surface area contributed by atoms with E-state index in [1.54, 1.807) is 40.8 Å². The fourth-order valence-corrected chi connectivity index (χ4v) is 3.96. The first-order valence-electron chi connectivity index (χ1n) is 10.7. The normalized spacial score (nSPS) is 13.2. The van der Waals surface area contributed by atoms with Crippen molar-refractivity contribution in [2.45, 2.75) is 19.9 Å². The van der Waals surface area contributed by atoms with Crippen LogP contribution in [0.2, 0.25) is 0 Å². The molecule has 7 nitrogen and oxygen atoms in total. The Hall–Kier alpha value is -4.13. The highest BCUT2D eigenvalue weighted by atomic mass is 16.7. The standard InChI is InChI=1S/C26H23N3O4/c1-16-8-11-19(12-9-16)29-24(27-21-7-5-4-6-20(21)26(29)31)17(2)28(3)25(30)18-10-13-22-23(14-18)33-15-32-22/h4-14,17H,15H2,1-3H3. The van der Waals surface area contributed by atoms with Gasteiger partial charge in [0.1, 0.15) is 5.82 Å². The number of aryl methyl sites for hydroxylation is 1. The predicted molar refractivity (Wildman–Crippen MR) is 125 cm³/mol. The van der Waals surface area contributed by atoms with Crippen molar-refractivity contribution in [2.75, 3.05) is 13.8 Å². The highest BCUT2D eigenvalue weighted by Gasteiger charge is 2.26. The number of nitrogens with zero attached hydrogens (tertiary/aromatic N) is 3. The summed E-state index contributed by atoms with van der Waals surface area (Å²) in [5.41, 5.74) is 2.69. The van der Waals surface area contributed by atoms with E-state index in [0.717, 1.165) is 5.56 Å². The van der Waals surface area contributed by atoms with E-state index >= 15 is 0 Å². The van der Waals surface area contributed by atoms with E-state index in [-0.39, 0.29) is 18.3 Å². The van der Waals surface area contributed by atoms with Gasteiger partial charge >= 0.3 is 0 Å². The molecule has 0 fully saturated rings. The largest absolute Gasteiger partial charge is 0.454 e. The lowest BCUT2D eigenvalue weighted by Gasteiger charge is -2.27. The molecule has 3 aromatic carbocycles. The number of carbonyl (C=O) groups is 1.